The van der Waals surface area contributed by atoms with Crippen LogP contribution in [-0.2, 0) is 25.7 Å². The SMILES string of the molecule is CCc1nc(CCN=C(N)Nc2cccc3c2CCCC3)sc1C. The van der Waals surface area contributed by atoms with Crippen molar-refractivity contribution in [3.63, 3.8) is 0 Å². The van der Waals surface area contributed by atoms with E-state index in [4.69, 9.17) is 5.73 Å². The lowest BCUT2D eigenvalue weighted by Gasteiger charge is -2.19. The molecule has 2 aromatic rings. The zero-order chi connectivity index (χ0) is 16.9. The molecule has 0 saturated carbocycles. The maximum absolute atomic E-state index is 6.09. The number of aliphatic imine (C=N–C) groups is 1. The number of aromatic nitrogens is 1. The first kappa shape index (κ1) is 17.0. The van der Waals surface area contributed by atoms with Gasteiger partial charge in [0.2, 0.25) is 0 Å². The number of nitrogens with one attached hydrogen (secondary N) is 1. The fraction of sp³-hybridized carbons (Fsp3) is 0.474. The Balaban J connectivity index is 1.60. The summed E-state index contributed by atoms with van der Waals surface area (Å²) in [4.78, 5) is 10.5. The van der Waals surface area contributed by atoms with Gasteiger partial charge in [0, 0.05) is 23.5 Å². The predicted molar refractivity (Wildman–Crippen MR) is 103 cm³/mol. The van der Waals surface area contributed by atoms with Gasteiger partial charge >= 0.3 is 0 Å². The monoisotopic (exact) mass is 342 g/mol. The van der Waals surface area contributed by atoms with Crippen molar-refractivity contribution >= 4 is 23.0 Å². The summed E-state index contributed by atoms with van der Waals surface area (Å²) in [7, 11) is 0. The van der Waals surface area contributed by atoms with Crippen molar-refractivity contribution in [2.24, 2.45) is 10.7 Å². The van der Waals surface area contributed by atoms with E-state index < -0.39 is 0 Å². The Kier molecular flexibility index (Phi) is 5.51. The fourth-order valence-corrected chi connectivity index (χ4v) is 4.28. The highest BCUT2D eigenvalue weighted by Gasteiger charge is 2.13. The molecular formula is C19H26N4S. The molecule has 0 radical (unpaired) electrons. The Morgan fingerprint density at radius 2 is 2.17 bits per heavy atom. The molecule has 5 heteroatoms. The van der Waals surface area contributed by atoms with Gasteiger partial charge in [-0.1, -0.05) is 19.1 Å². The smallest absolute Gasteiger partial charge is 0.193 e. The lowest BCUT2D eigenvalue weighted by atomic mass is 9.90. The van der Waals surface area contributed by atoms with Crippen LogP contribution in [0.1, 0.15) is 46.5 Å². The van der Waals surface area contributed by atoms with E-state index in [0.29, 0.717) is 12.5 Å². The molecule has 4 nitrogen and oxygen atoms in total. The van der Waals surface area contributed by atoms with Crippen LogP contribution in [0.2, 0.25) is 0 Å². The topological polar surface area (TPSA) is 63.3 Å². The number of aryl methyl sites for hydroxylation is 3. The van der Waals surface area contributed by atoms with Crippen molar-refractivity contribution in [2.75, 3.05) is 11.9 Å². The number of nitrogens with zero attached hydrogens (tertiary/aromatic N) is 2. The van der Waals surface area contributed by atoms with Crippen molar-refractivity contribution in [1.29, 1.82) is 0 Å². The summed E-state index contributed by atoms with van der Waals surface area (Å²) in [6.45, 7) is 4.95. The van der Waals surface area contributed by atoms with Crippen LogP contribution < -0.4 is 11.1 Å². The summed E-state index contributed by atoms with van der Waals surface area (Å²) in [6, 6.07) is 6.43. The van der Waals surface area contributed by atoms with Crippen molar-refractivity contribution in [3.05, 3.63) is 44.9 Å². The molecule has 0 atom stereocenters. The van der Waals surface area contributed by atoms with Crippen LogP contribution in [0, 0.1) is 6.92 Å². The van der Waals surface area contributed by atoms with Gasteiger partial charge in [0.1, 0.15) is 0 Å². The Morgan fingerprint density at radius 1 is 1.33 bits per heavy atom. The van der Waals surface area contributed by atoms with Gasteiger partial charge in [-0.05, 0) is 56.2 Å². The number of hydrogen-bond donors (Lipinski definition) is 2. The molecule has 0 spiro atoms. The summed E-state index contributed by atoms with van der Waals surface area (Å²) < 4.78 is 0. The van der Waals surface area contributed by atoms with Crippen molar-refractivity contribution < 1.29 is 0 Å². The molecule has 0 amide bonds. The molecule has 0 saturated heterocycles. The van der Waals surface area contributed by atoms with E-state index in [1.807, 2.05) is 0 Å². The first-order valence-corrected chi connectivity index (χ1v) is 9.62. The van der Waals surface area contributed by atoms with Crippen LogP contribution in [0.4, 0.5) is 5.69 Å². The minimum absolute atomic E-state index is 0.498. The number of benzene rings is 1. The summed E-state index contributed by atoms with van der Waals surface area (Å²) in [5.74, 6) is 0.498. The van der Waals surface area contributed by atoms with Crippen molar-refractivity contribution in [2.45, 2.75) is 52.4 Å². The zero-order valence-electron chi connectivity index (χ0n) is 14.6. The third-order valence-electron chi connectivity index (χ3n) is 4.54. The van der Waals surface area contributed by atoms with Gasteiger partial charge in [0.05, 0.1) is 10.7 Å². The molecule has 0 unspecified atom stereocenters. The molecule has 3 rings (SSSR count). The molecule has 1 aromatic carbocycles. The van der Waals surface area contributed by atoms with Gasteiger partial charge in [-0.3, -0.25) is 4.99 Å². The standard InChI is InChI=1S/C19H26N4S/c1-3-16-13(2)24-18(22-16)11-12-21-19(20)23-17-10-6-8-14-7-4-5-9-15(14)17/h6,8,10H,3-5,7,9,11-12H2,1-2H3,(H3,20,21,23). The van der Waals surface area contributed by atoms with Crippen LogP contribution >= 0.6 is 11.3 Å². The van der Waals surface area contributed by atoms with Crippen LogP contribution in [0.5, 0.6) is 0 Å². The number of nitrogens with two attached hydrogens (primary N) is 1. The Morgan fingerprint density at radius 3 is 2.96 bits per heavy atom. The number of anilines is 1. The molecule has 24 heavy (non-hydrogen) atoms. The number of guanidine groups is 1. The van der Waals surface area contributed by atoms with Gasteiger partial charge in [-0.15, -0.1) is 11.3 Å². The molecule has 1 aromatic heterocycles. The Labute approximate surface area is 148 Å². The minimum Gasteiger partial charge on any atom is -0.370 e. The van der Waals surface area contributed by atoms with E-state index in [1.165, 1.54) is 41.0 Å². The molecular weight excluding hydrogens is 316 g/mol. The maximum atomic E-state index is 6.09. The second kappa shape index (κ2) is 7.79. The average molecular weight is 343 g/mol. The molecule has 3 N–H and O–H groups in total. The van der Waals surface area contributed by atoms with Gasteiger partial charge in [0.15, 0.2) is 5.96 Å². The van der Waals surface area contributed by atoms with Gasteiger partial charge in [-0.2, -0.15) is 0 Å². The van der Waals surface area contributed by atoms with E-state index in [1.54, 1.807) is 11.3 Å². The quantitative estimate of drug-likeness (QED) is 0.640. The number of hydrogen-bond acceptors (Lipinski definition) is 3. The lowest BCUT2D eigenvalue weighted by molar-refractivity contribution is 0.687. The second-order valence-corrected chi connectivity index (χ2v) is 7.54. The van der Waals surface area contributed by atoms with Gasteiger partial charge in [-0.25, -0.2) is 4.98 Å². The maximum Gasteiger partial charge on any atom is 0.193 e. The highest BCUT2D eigenvalue weighted by molar-refractivity contribution is 7.11. The summed E-state index contributed by atoms with van der Waals surface area (Å²) in [6.07, 6.45) is 6.68. The van der Waals surface area contributed by atoms with E-state index >= 15 is 0 Å². The highest BCUT2D eigenvalue weighted by atomic mass is 32.1. The van der Waals surface area contributed by atoms with E-state index in [0.717, 1.165) is 30.0 Å². The van der Waals surface area contributed by atoms with Crippen LogP contribution in [-0.4, -0.2) is 17.5 Å². The van der Waals surface area contributed by atoms with E-state index in [-0.39, 0.29) is 0 Å². The second-order valence-electron chi connectivity index (χ2n) is 6.26. The third-order valence-corrected chi connectivity index (χ3v) is 5.61. The first-order chi connectivity index (χ1) is 11.7. The van der Waals surface area contributed by atoms with Crippen LogP contribution in [0.3, 0.4) is 0 Å². The van der Waals surface area contributed by atoms with Crippen LogP contribution in [0.25, 0.3) is 0 Å². The normalized spacial score (nSPS) is 14.5. The average Bonchev–Trinajstić information content (AvgIpc) is 2.95. The first-order valence-electron chi connectivity index (χ1n) is 8.80. The predicted octanol–water partition coefficient (Wildman–Crippen LogP) is 3.86. The Hall–Kier alpha value is -1.88. The van der Waals surface area contributed by atoms with E-state index in [2.05, 4.69) is 47.3 Å². The summed E-state index contributed by atoms with van der Waals surface area (Å²) in [5, 5.41) is 4.45. The summed E-state index contributed by atoms with van der Waals surface area (Å²) in [5.41, 5.74) is 11.3. The largest absolute Gasteiger partial charge is 0.370 e. The fourth-order valence-electron chi connectivity index (χ4n) is 3.27. The van der Waals surface area contributed by atoms with Crippen molar-refractivity contribution in [3.8, 4) is 0 Å². The summed E-state index contributed by atoms with van der Waals surface area (Å²) >= 11 is 1.77. The number of fused-ring (bicyclic) bond motifs is 1. The minimum atomic E-state index is 0.498. The molecule has 1 aliphatic carbocycles. The molecule has 128 valence electrons. The van der Waals surface area contributed by atoms with Gasteiger partial charge < -0.3 is 11.1 Å². The lowest BCUT2D eigenvalue weighted by Crippen LogP contribution is -2.24. The third kappa shape index (κ3) is 3.96. The molecule has 0 fully saturated rings. The van der Waals surface area contributed by atoms with Crippen molar-refractivity contribution in [1.82, 2.24) is 4.98 Å². The highest BCUT2D eigenvalue weighted by Crippen LogP contribution is 2.27. The molecule has 0 bridgehead atoms. The molecule has 0 aliphatic heterocycles. The number of thiazole rings is 1. The molecule has 1 aliphatic rings. The zero-order valence-corrected chi connectivity index (χ0v) is 15.4. The van der Waals surface area contributed by atoms with E-state index in [9.17, 15) is 0 Å². The number of rotatable bonds is 5. The van der Waals surface area contributed by atoms with Gasteiger partial charge in [0.25, 0.3) is 0 Å². The molecule has 1 heterocycles. The Bertz CT molecular complexity index is 733. The van der Waals surface area contributed by atoms with Crippen LogP contribution in [0.15, 0.2) is 23.2 Å².